The molecule has 0 bridgehead atoms. The Bertz CT molecular complexity index is 641. The Morgan fingerprint density at radius 2 is 1.88 bits per heavy atom. The SMILES string of the molecule is CC(O)[C@@H](C)[C@@](Cn1cncn1)(O[Si](C)(C)C)c1ccc(Cl)cc1. The monoisotopic (exact) mass is 367 g/mol. The highest BCUT2D eigenvalue weighted by Crippen LogP contribution is 2.40. The quantitative estimate of drug-likeness (QED) is 0.758. The lowest BCUT2D eigenvalue weighted by Gasteiger charge is -2.45. The second kappa shape index (κ2) is 7.35. The van der Waals surface area contributed by atoms with Crippen LogP contribution in [0.15, 0.2) is 36.9 Å². The van der Waals surface area contributed by atoms with Crippen molar-refractivity contribution in [2.45, 2.75) is 51.7 Å². The summed E-state index contributed by atoms with van der Waals surface area (Å²) < 4.78 is 8.45. The van der Waals surface area contributed by atoms with Crippen LogP contribution in [0.2, 0.25) is 24.7 Å². The van der Waals surface area contributed by atoms with E-state index in [4.69, 9.17) is 16.0 Å². The fourth-order valence-electron chi connectivity index (χ4n) is 2.91. The van der Waals surface area contributed by atoms with Gasteiger partial charge < -0.3 is 9.53 Å². The van der Waals surface area contributed by atoms with Gasteiger partial charge in [-0.3, -0.25) is 0 Å². The molecule has 132 valence electrons. The van der Waals surface area contributed by atoms with Gasteiger partial charge in [0.1, 0.15) is 18.3 Å². The zero-order chi connectivity index (χ0) is 18.0. The largest absolute Gasteiger partial charge is 0.406 e. The van der Waals surface area contributed by atoms with E-state index in [1.165, 1.54) is 6.33 Å². The molecular formula is C17H26ClN3O2Si. The molecule has 24 heavy (non-hydrogen) atoms. The summed E-state index contributed by atoms with van der Waals surface area (Å²) in [5, 5.41) is 15.3. The average molecular weight is 368 g/mol. The molecule has 0 aliphatic heterocycles. The van der Waals surface area contributed by atoms with Gasteiger partial charge in [0.25, 0.3) is 0 Å². The number of rotatable bonds is 7. The van der Waals surface area contributed by atoms with Crippen molar-refractivity contribution in [3.63, 3.8) is 0 Å². The van der Waals surface area contributed by atoms with Gasteiger partial charge in [0, 0.05) is 10.9 Å². The first-order valence-corrected chi connectivity index (χ1v) is 11.9. The zero-order valence-electron chi connectivity index (χ0n) is 14.9. The van der Waals surface area contributed by atoms with E-state index in [0.29, 0.717) is 11.6 Å². The summed E-state index contributed by atoms with van der Waals surface area (Å²) >= 11 is 6.07. The molecule has 2 rings (SSSR count). The number of benzene rings is 1. The molecular weight excluding hydrogens is 342 g/mol. The normalized spacial score (nSPS) is 17.3. The molecule has 1 aromatic carbocycles. The van der Waals surface area contributed by atoms with Crippen LogP contribution in [0, 0.1) is 5.92 Å². The van der Waals surface area contributed by atoms with Crippen LogP contribution in [0.5, 0.6) is 0 Å². The number of halogens is 1. The van der Waals surface area contributed by atoms with Gasteiger partial charge in [-0.2, -0.15) is 5.10 Å². The molecule has 0 fully saturated rings. The van der Waals surface area contributed by atoms with E-state index in [2.05, 4.69) is 29.7 Å². The molecule has 0 radical (unpaired) electrons. The third-order valence-electron chi connectivity index (χ3n) is 4.14. The lowest BCUT2D eigenvalue weighted by Crippen LogP contribution is -2.50. The van der Waals surface area contributed by atoms with Crippen molar-refractivity contribution >= 4 is 19.9 Å². The fourth-order valence-corrected chi connectivity index (χ4v) is 4.49. The van der Waals surface area contributed by atoms with Gasteiger partial charge in [-0.1, -0.05) is 30.7 Å². The second-order valence-corrected chi connectivity index (χ2v) is 12.1. The van der Waals surface area contributed by atoms with Crippen molar-refractivity contribution in [2.75, 3.05) is 0 Å². The Labute approximate surface area is 149 Å². The van der Waals surface area contributed by atoms with Crippen molar-refractivity contribution in [3.8, 4) is 0 Å². The smallest absolute Gasteiger partial charge is 0.185 e. The Balaban J connectivity index is 2.59. The minimum atomic E-state index is -1.94. The molecule has 0 saturated carbocycles. The fraction of sp³-hybridized carbons (Fsp3) is 0.529. The van der Waals surface area contributed by atoms with Crippen LogP contribution in [-0.2, 0) is 16.6 Å². The van der Waals surface area contributed by atoms with E-state index in [9.17, 15) is 5.11 Å². The summed E-state index contributed by atoms with van der Waals surface area (Å²) in [7, 11) is -1.94. The molecule has 0 spiro atoms. The Morgan fingerprint density at radius 3 is 2.33 bits per heavy atom. The van der Waals surface area contributed by atoms with E-state index in [1.807, 2.05) is 31.2 Å². The summed E-state index contributed by atoms with van der Waals surface area (Å²) in [6.45, 7) is 10.7. The van der Waals surface area contributed by atoms with Crippen LogP contribution >= 0.6 is 11.6 Å². The van der Waals surface area contributed by atoms with E-state index in [1.54, 1.807) is 17.9 Å². The average Bonchev–Trinajstić information content (AvgIpc) is 2.97. The van der Waals surface area contributed by atoms with Gasteiger partial charge in [-0.25, -0.2) is 9.67 Å². The van der Waals surface area contributed by atoms with Crippen LogP contribution in [-0.4, -0.2) is 34.3 Å². The molecule has 0 aliphatic rings. The van der Waals surface area contributed by atoms with Gasteiger partial charge in [0.2, 0.25) is 0 Å². The van der Waals surface area contributed by atoms with Gasteiger partial charge in [0.05, 0.1) is 12.6 Å². The van der Waals surface area contributed by atoms with Crippen LogP contribution in [0.1, 0.15) is 19.4 Å². The summed E-state index contributed by atoms with van der Waals surface area (Å²) in [4.78, 5) is 4.04. The molecule has 0 aliphatic carbocycles. The molecule has 3 atom stereocenters. The van der Waals surface area contributed by atoms with E-state index in [-0.39, 0.29) is 5.92 Å². The number of aliphatic hydroxyl groups is 1. The lowest BCUT2D eigenvalue weighted by atomic mass is 9.79. The molecule has 0 saturated heterocycles. The standard InChI is InChI=1S/C17H26ClN3O2Si/c1-13(14(2)22)17(23-24(3,4)5,10-21-12-19-11-20-21)15-6-8-16(18)9-7-15/h6-9,11-14,22H,10H2,1-5H3/t13-,14?,17-/m1/s1. The maximum Gasteiger partial charge on any atom is 0.185 e. The number of hydrogen-bond donors (Lipinski definition) is 1. The lowest BCUT2D eigenvalue weighted by molar-refractivity contribution is -0.0633. The summed E-state index contributed by atoms with van der Waals surface area (Å²) in [5.41, 5.74) is 0.273. The van der Waals surface area contributed by atoms with Gasteiger partial charge in [0.15, 0.2) is 8.32 Å². The number of aliphatic hydroxyl groups excluding tert-OH is 1. The van der Waals surface area contributed by atoms with Gasteiger partial charge >= 0.3 is 0 Å². The second-order valence-electron chi connectivity index (χ2n) is 7.23. The van der Waals surface area contributed by atoms with Gasteiger partial charge in [-0.15, -0.1) is 0 Å². The Morgan fingerprint density at radius 1 is 1.25 bits per heavy atom. The van der Waals surface area contributed by atoms with Crippen LogP contribution in [0.4, 0.5) is 0 Å². The first-order chi connectivity index (χ1) is 11.1. The summed E-state index contributed by atoms with van der Waals surface area (Å²) in [5.74, 6) is -0.144. The molecule has 1 unspecified atom stereocenters. The van der Waals surface area contributed by atoms with E-state index < -0.39 is 20.0 Å². The van der Waals surface area contributed by atoms with Crippen LogP contribution < -0.4 is 0 Å². The van der Waals surface area contributed by atoms with E-state index in [0.717, 1.165) is 5.56 Å². The van der Waals surface area contributed by atoms with Crippen molar-refractivity contribution in [2.24, 2.45) is 5.92 Å². The topological polar surface area (TPSA) is 60.2 Å². The summed E-state index contributed by atoms with van der Waals surface area (Å²) in [6.07, 6.45) is 2.64. The first kappa shape index (κ1) is 19.1. The first-order valence-electron chi connectivity index (χ1n) is 8.11. The van der Waals surface area contributed by atoms with Crippen molar-refractivity contribution in [3.05, 3.63) is 47.5 Å². The molecule has 7 heteroatoms. The van der Waals surface area contributed by atoms with Crippen molar-refractivity contribution in [1.82, 2.24) is 14.8 Å². The predicted octanol–water partition coefficient (Wildman–Crippen LogP) is 3.70. The number of hydrogen-bond acceptors (Lipinski definition) is 4. The predicted molar refractivity (Wildman–Crippen MR) is 98.4 cm³/mol. The Kier molecular flexibility index (Phi) is 5.85. The molecule has 1 heterocycles. The van der Waals surface area contributed by atoms with Crippen molar-refractivity contribution in [1.29, 1.82) is 0 Å². The number of aromatic nitrogens is 3. The third kappa shape index (κ3) is 4.45. The van der Waals surface area contributed by atoms with Gasteiger partial charge in [-0.05, 0) is 44.3 Å². The highest BCUT2D eigenvalue weighted by molar-refractivity contribution is 6.69. The molecule has 2 aromatic rings. The minimum absolute atomic E-state index is 0.144. The highest BCUT2D eigenvalue weighted by atomic mass is 35.5. The highest BCUT2D eigenvalue weighted by Gasteiger charge is 2.45. The van der Waals surface area contributed by atoms with Crippen LogP contribution in [0.25, 0.3) is 0 Å². The summed E-state index contributed by atoms with van der Waals surface area (Å²) in [6, 6.07) is 7.65. The number of nitrogens with zero attached hydrogens (tertiary/aromatic N) is 3. The zero-order valence-corrected chi connectivity index (χ0v) is 16.7. The van der Waals surface area contributed by atoms with Crippen LogP contribution in [0.3, 0.4) is 0 Å². The third-order valence-corrected chi connectivity index (χ3v) is 5.37. The maximum absolute atomic E-state index is 10.4. The Hall–Kier alpha value is -1.21. The minimum Gasteiger partial charge on any atom is -0.406 e. The molecule has 1 N–H and O–H groups in total. The molecule has 5 nitrogen and oxygen atoms in total. The molecule has 0 amide bonds. The van der Waals surface area contributed by atoms with Crippen molar-refractivity contribution < 1.29 is 9.53 Å². The molecule has 1 aromatic heterocycles. The maximum atomic E-state index is 10.4. The van der Waals surface area contributed by atoms with E-state index >= 15 is 0 Å².